The van der Waals surface area contributed by atoms with E-state index in [0.717, 1.165) is 27.3 Å². The third kappa shape index (κ3) is 4.91. The predicted octanol–water partition coefficient (Wildman–Crippen LogP) is 4.38. The number of morpholine rings is 1. The van der Waals surface area contributed by atoms with Gasteiger partial charge >= 0.3 is 0 Å². The Morgan fingerprint density at radius 1 is 1.00 bits per heavy atom. The van der Waals surface area contributed by atoms with Gasteiger partial charge in [-0.05, 0) is 41.5 Å². The molecule has 1 aliphatic heterocycles. The van der Waals surface area contributed by atoms with Gasteiger partial charge in [0.25, 0.3) is 5.91 Å². The number of pyridine rings is 1. The number of amides is 1. The molecule has 1 aliphatic rings. The van der Waals surface area contributed by atoms with E-state index < -0.39 is 0 Å². The molecular weight excluding hydrogens is 439 g/mol. The average molecular weight is 463 g/mol. The number of carbonyl (C=O) groups excluding carboxylic acids is 1. The first-order valence-electron chi connectivity index (χ1n) is 10.8. The molecule has 5 rings (SSSR count). The van der Waals surface area contributed by atoms with Crippen LogP contribution in [0.15, 0.2) is 72.1 Å². The monoisotopic (exact) mass is 462 g/mol. The molecule has 0 radical (unpaired) electrons. The number of ether oxygens (including phenoxy) is 1. The topological polar surface area (TPSA) is 60.2 Å². The van der Waals surface area contributed by atoms with E-state index in [2.05, 4.69) is 9.55 Å². The summed E-state index contributed by atoms with van der Waals surface area (Å²) < 4.78 is 20.7. The van der Waals surface area contributed by atoms with Crippen LogP contribution in [0.2, 0.25) is 0 Å². The molecule has 0 unspecified atom stereocenters. The van der Waals surface area contributed by atoms with Crippen LogP contribution < -0.4 is 0 Å². The van der Waals surface area contributed by atoms with E-state index in [4.69, 9.17) is 9.72 Å². The molecule has 0 saturated carbocycles. The summed E-state index contributed by atoms with van der Waals surface area (Å²) in [5.74, 6) is 0.486. The van der Waals surface area contributed by atoms with Crippen molar-refractivity contribution in [2.24, 2.45) is 0 Å². The Balaban J connectivity index is 1.35. The smallest absolute Gasteiger partial charge is 0.254 e. The highest BCUT2D eigenvalue weighted by molar-refractivity contribution is 7.98. The molecule has 33 heavy (non-hydrogen) atoms. The maximum atomic E-state index is 13.2. The summed E-state index contributed by atoms with van der Waals surface area (Å²) in [4.78, 5) is 23.6. The minimum absolute atomic E-state index is 0.0395. The molecule has 4 aromatic rings. The van der Waals surface area contributed by atoms with Crippen molar-refractivity contribution in [3.63, 3.8) is 0 Å². The number of imidazole rings is 1. The molecule has 0 spiro atoms. The van der Waals surface area contributed by atoms with E-state index >= 15 is 0 Å². The van der Waals surface area contributed by atoms with Gasteiger partial charge in [0.05, 0.1) is 37.0 Å². The van der Waals surface area contributed by atoms with E-state index in [1.807, 2.05) is 41.4 Å². The second kappa shape index (κ2) is 9.72. The van der Waals surface area contributed by atoms with Crippen LogP contribution in [0.1, 0.15) is 21.5 Å². The minimum atomic E-state index is -0.238. The molecule has 168 valence electrons. The Bertz CT molecular complexity index is 1250. The number of aromatic nitrogens is 3. The van der Waals surface area contributed by atoms with Gasteiger partial charge in [0, 0.05) is 30.6 Å². The summed E-state index contributed by atoms with van der Waals surface area (Å²) in [6.07, 6.45) is 3.56. The summed E-state index contributed by atoms with van der Waals surface area (Å²) in [6, 6.07) is 16.2. The highest BCUT2D eigenvalue weighted by atomic mass is 32.2. The molecule has 0 atom stereocenters. The number of thioether (sulfide) groups is 1. The Labute approximate surface area is 195 Å². The van der Waals surface area contributed by atoms with Crippen LogP contribution in [0.3, 0.4) is 0 Å². The lowest BCUT2D eigenvalue weighted by molar-refractivity contribution is 0.0303. The minimum Gasteiger partial charge on any atom is -0.378 e. The van der Waals surface area contributed by atoms with Crippen LogP contribution >= 0.6 is 11.8 Å². The summed E-state index contributed by atoms with van der Waals surface area (Å²) in [6.45, 7) is 3.04. The van der Waals surface area contributed by atoms with Crippen molar-refractivity contribution in [2.75, 3.05) is 26.3 Å². The van der Waals surface area contributed by atoms with Crippen LogP contribution in [0.5, 0.6) is 0 Å². The molecule has 1 saturated heterocycles. The normalized spacial score (nSPS) is 14.0. The summed E-state index contributed by atoms with van der Waals surface area (Å²) in [7, 11) is 0. The van der Waals surface area contributed by atoms with Gasteiger partial charge in [-0.1, -0.05) is 36.0 Å². The highest BCUT2D eigenvalue weighted by Crippen LogP contribution is 2.27. The summed E-state index contributed by atoms with van der Waals surface area (Å²) in [5, 5.41) is 0.871. The zero-order valence-corrected chi connectivity index (χ0v) is 18.8. The van der Waals surface area contributed by atoms with Gasteiger partial charge < -0.3 is 14.2 Å². The van der Waals surface area contributed by atoms with Gasteiger partial charge in [0.1, 0.15) is 5.82 Å². The summed E-state index contributed by atoms with van der Waals surface area (Å²) in [5.41, 5.74) is 4.62. The van der Waals surface area contributed by atoms with Crippen LogP contribution in [0.4, 0.5) is 4.39 Å². The fourth-order valence-electron chi connectivity index (χ4n) is 3.82. The van der Waals surface area contributed by atoms with Crippen molar-refractivity contribution < 1.29 is 13.9 Å². The predicted molar refractivity (Wildman–Crippen MR) is 126 cm³/mol. The average Bonchev–Trinajstić information content (AvgIpc) is 3.21. The van der Waals surface area contributed by atoms with Gasteiger partial charge in [0.15, 0.2) is 5.16 Å². The Hall–Kier alpha value is -3.23. The third-order valence-corrected chi connectivity index (χ3v) is 6.68. The van der Waals surface area contributed by atoms with E-state index in [1.165, 1.54) is 12.1 Å². The summed E-state index contributed by atoms with van der Waals surface area (Å²) >= 11 is 1.61. The number of nitrogens with zero attached hydrogens (tertiary/aromatic N) is 4. The Kier molecular flexibility index (Phi) is 6.37. The largest absolute Gasteiger partial charge is 0.378 e. The molecule has 6 nitrogen and oxygen atoms in total. The Morgan fingerprint density at radius 3 is 2.48 bits per heavy atom. The zero-order valence-electron chi connectivity index (χ0n) is 18.0. The van der Waals surface area contributed by atoms with Crippen LogP contribution in [-0.4, -0.2) is 51.6 Å². The molecule has 0 aliphatic carbocycles. The number of fused-ring (bicyclic) bond motifs is 1. The molecule has 2 aromatic carbocycles. The van der Waals surface area contributed by atoms with E-state index in [1.54, 1.807) is 30.1 Å². The quantitative estimate of drug-likeness (QED) is 0.398. The zero-order chi connectivity index (χ0) is 22.6. The number of hydrogen-bond donors (Lipinski definition) is 0. The van der Waals surface area contributed by atoms with Crippen molar-refractivity contribution >= 4 is 28.7 Å². The fourth-order valence-corrected chi connectivity index (χ4v) is 4.79. The first kappa shape index (κ1) is 21.6. The number of benzene rings is 2. The second-order valence-electron chi connectivity index (χ2n) is 7.86. The van der Waals surface area contributed by atoms with Crippen molar-refractivity contribution in [1.82, 2.24) is 19.4 Å². The van der Waals surface area contributed by atoms with Crippen LogP contribution in [0, 0.1) is 5.82 Å². The first-order valence-corrected chi connectivity index (χ1v) is 11.8. The number of halogens is 1. The van der Waals surface area contributed by atoms with E-state index in [0.29, 0.717) is 44.2 Å². The van der Waals surface area contributed by atoms with Crippen molar-refractivity contribution in [2.45, 2.75) is 17.5 Å². The highest BCUT2D eigenvalue weighted by Gasteiger charge is 2.18. The molecule has 0 bridgehead atoms. The van der Waals surface area contributed by atoms with Crippen molar-refractivity contribution in [3.05, 3.63) is 89.5 Å². The van der Waals surface area contributed by atoms with Gasteiger partial charge in [-0.2, -0.15) is 0 Å². The molecule has 0 N–H and O–H groups in total. The maximum Gasteiger partial charge on any atom is 0.254 e. The molecule has 3 heterocycles. The number of rotatable bonds is 6. The number of hydrogen-bond acceptors (Lipinski definition) is 5. The van der Waals surface area contributed by atoms with Crippen LogP contribution in [-0.2, 0) is 17.0 Å². The maximum absolute atomic E-state index is 13.2. The lowest BCUT2D eigenvalue weighted by Crippen LogP contribution is -2.40. The molecule has 1 fully saturated rings. The first-order chi connectivity index (χ1) is 16.2. The SMILES string of the molecule is O=C(c1ccc(Cn2c(SCc3ccc(F)cc3)nc3ccncc32)cc1)N1CCOCC1. The third-order valence-electron chi connectivity index (χ3n) is 5.64. The standard InChI is InChI=1S/C25H23FN4O2S/c26-21-7-3-19(4-8-21)17-33-25-28-22-9-10-27-15-23(22)30(25)16-18-1-5-20(6-2-18)24(31)29-11-13-32-14-12-29/h1-10,15H,11-14,16-17H2. The van der Waals surface area contributed by atoms with Gasteiger partial charge in [-0.25, -0.2) is 9.37 Å². The van der Waals surface area contributed by atoms with Crippen LogP contribution in [0.25, 0.3) is 11.0 Å². The fraction of sp³-hybridized carbons (Fsp3) is 0.240. The van der Waals surface area contributed by atoms with Gasteiger partial charge in [-0.3, -0.25) is 9.78 Å². The molecule has 2 aromatic heterocycles. The molecule has 1 amide bonds. The lowest BCUT2D eigenvalue weighted by atomic mass is 10.1. The van der Waals surface area contributed by atoms with Crippen molar-refractivity contribution in [3.8, 4) is 0 Å². The lowest BCUT2D eigenvalue weighted by Gasteiger charge is -2.26. The Morgan fingerprint density at radius 2 is 1.73 bits per heavy atom. The van der Waals surface area contributed by atoms with E-state index in [-0.39, 0.29) is 11.7 Å². The molecule has 8 heteroatoms. The van der Waals surface area contributed by atoms with Crippen molar-refractivity contribution in [1.29, 1.82) is 0 Å². The van der Waals surface area contributed by atoms with Gasteiger partial charge in [-0.15, -0.1) is 0 Å². The van der Waals surface area contributed by atoms with Gasteiger partial charge in [0.2, 0.25) is 0 Å². The van der Waals surface area contributed by atoms with E-state index in [9.17, 15) is 9.18 Å². The molecular formula is C25H23FN4O2S. The second-order valence-corrected chi connectivity index (χ2v) is 8.80. The number of carbonyl (C=O) groups is 1.